The first-order chi connectivity index (χ1) is 8.19. The average Bonchev–Trinajstić information content (AvgIpc) is 2.34. The van der Waals surface area contributed by atoms with E-state index in [1.54, 1.807) is 12.4 Å². The molecular formula is C13H13ClN2O. The molecule has 2 aromatic rings. The highest BCUT2D eigenvalue weighted by Crippen LogP contribution is 2.26. The first-order valence-corrected chi connectivity index (χ1v) is 5.63. The molecule has 0 unspecified atom stereocenters. The Morgan fingerprint density at radius 1 is 1.18 bits per heavy atom. The van der Waals surface area contributed by atoms with Crippen molar-refractivity contribution in [2.75, 3.05) is 12.4 Å². The zero-order chi connectivity index (χ0) is 12.3. The average molecular weight is 249 g/mol. The number of benzene rings is 1. The van der Waals surface area contributed by atoms with Crippen molar-refractivity contribution in [3.63, 3.8) is 0 Å². The van der Waals surface area contributed by atoms with Crippen LogP contribution in [0.15, 0.2) is 36.7 Å². The number of rotatable bonds is 3. The lowest BCUT2D eigenvalue weighted by Gasteiger charge is -2.08. The fourth-order valence-corrected chi connectivity index (χ4v) is 1.55. The second-order valence-corrected chi connectivity index (χ2v) is 4.08. The second kappa shape index (κ2) is 5.06. The Balaban J connectivity index is 2.22. The van der Waals surface area contributed by atoms with Gasteiger partial charge in [0.25, 0.3) is 0 Å². The van der Waals surface area contributed by atoms with Crippen LogP contribution >= 0.6 is 11.6 Å². The summed E-state index contributed by atoms with van der Waals surface area (Å²) in [5, 5.41) is 3.75. The molecular weight excluding hydrogens is 236 g/mol. The molecule has 0 radical (unpaired) electrons. The van der Waals surface area contributed by atoms with Gasteiger partial charge in [-0.3, -0.25) is 4.98 Å². The van der Waals surface area contributed by atoms with E-state index in [0.717, 1.165) is 22.0 Å². The normalized spacial score (nSPS) is 10.1. The molecule has 1 aromatic heterocycles. The lowest BCUT2D eigenvalue weighted by molar-refractivity contribution is 0.480. The van der Waals surface area contributed by atoms with Crippen molar-refractivity contribution in [1.29, 1.82) is 0 Å². The van der Waals surface area contributed by atoms with Crippen molar-refractivity contribution in [3.05, 3.63) is 47.2 Å². The number of nitrogens with zero attached hydrogens (tertiary/aromatic N) is 1. The molecule has 17 heavy (non-hydrogen) atoms. The van der Waals surface area contributed by atoms with Gasteiger partial charge in [-0.2, -0.15) is 0 Å². The summed E-state index contributed by atoms with van der Waals surface area (Å²) in [6.07, 6.45) is 3.41. The SMILES string of the molecule is CNc1cncc(Oc2ccc(Cl)c(C)c2)c1. The maximum atomic E-state index is 5.95. The molecule has 0 spiro atoms. The Bertz CT molecular complexity index is 529. The van der Waals surface area contributed by atoms with Gasteiger partial charge < -0.3 is 10.1 Å². The number of ether oxygens (including phenoxy) is 1. The number of aryl methyl sites for hydroxylation is 1. The Labute approximate surface area is 105 Å². The summed E-state index contributed by atoms with van der Waals surface area (Å²) in [5.74, 6) is 1.44. The summed E-state index contributed by atoms with van der Waals surface area (Å²) in [4.78, 5) is 4.08. The van der Waals surface area contributed by atoms with Gasteiger partial charge in [-0.15, -0.1) is 0 Å². The molecule has 2 rings (SSSR count). The van der Waals surface area contributed by atoms with Crippen LogP contribution in [-0.4, -0.2) is 12.0 Å². The van der Waals surface area contributed by atoms with Crippen molar-refractivity contribution in [2.45, 2.75) is 6.92 Å². The second-order valence-electron chi connectivity index (χ2n) is 3.67. The van der Waals surface area contributed by atoms with E-state index < -0.39 is 0 Å². The Morgan fingerprint density at radius 2 is 2.00 bits per heavy atom. The maximum absolute atomic E-state index is 5.95. The fraction of sp³-hybridized carbons (Fsp3) is 0.154. The lowest BCUT2D eigenvalue weighted by Crippen LogP contribution is -1.91. The summed E-state index contributed by atoms with van der Waals surface area (Å²) in [6, 6.07) is 7.44. The summed E-state index contributed by atoms with van der Waals surface area (Å²) < 4.78 is 5.70. The molecule has 0 aliphatic rings. The van der Waals surface area contributed by atoms with Gasteiger partial charge in [-0.05, 0) is 30.7 Å². The van der Waals surface area contributed by atoms with E-state index in [2.05, 4.69) is 10.3 Å². The minimum Gasteiger partial charge on any atom is -0.456 e. The van der Waals surface area contributed by atoms with Crippen molar-refractivity contribution in [2.24, 2.45) is 0 Å². The number of pyridine rings is 1. The van der Waals surface area contributed by atoms with Crippen LogP contribution in [-0.2, 0) is 0 Å². The van der Waals surface area contributed by atoms with Crippen LogP contribution < -0.4 is 10.1 Å². The van der Waals surface area contributed by atoms with Crippen LogP contribution in [0.3, 0.4) is 0 Å². The van der Waals surface area contributed by atoms with E-state index in [0.29, 0.717) is 5.75 Å². The maximum Gasteiger partial charge on any atom is 0.147 e. The highest BCUT2D eigenvalue weighted by atomic mass is 35.5. The summed E-state index contributed by atoms with van der Waals surface area (Å²) >= 11 is 5.95. The topological polar surface area (TPSA) is 34.2 Å². The number of hydrogen-bond acceptors (Lipinski definition) is 3. The van der Waals surface area contributed by atoms with E-state index in [9.17, 15) is 0 Å². The van der Waals surface area contributed by atoms with Crippen molar-refractivity contribution in [1.82, 2.24) is 4.98 Å². The van der Waals surface area contributed by atoms with Gasteiger partial charge in [0, 0.05) is 18.1 Å². The van der Waals surface area contributed by atoms with Crippen molar-refractivity contribution < 1.29 is 4.74 Å². The predicted molar refractivity (Wildman–Crippen MR) is 70.0 cm³/mol. The molecule has 0 aliphatic carbocycles. The number of nitrogens with one attached hydrogen (secondary N) is 1. The Kier molecular flexibility index (Phi) is 3.49. The summed E-state index contributed by atoms with van der Waals surface area (Å²) in [6.45, 7) is 1.94. The van der Waals surface area contributed by atoms with E-state index in [4.69, 9.17) is 16.3 Å². The van der Waals surface area contributed by atoms with Gasteiger partial charge in [0.1, 0.15) is 11.5 Å². The highest BCUT2D eigenvalue weighted by molar-refractivity contribution is 6.31. The van der Waals surface area contributed by atoms with Crippen LogP contribution in [0.25, 0.3) is 0 Å². The minimum absolute atomic E-state index is 0.693. The van der Waals surface area contributed by atoms with Gasteiger partial charge in [0.15, 0.2) is 0 Å². The lowest BCUT2D eigenvalue weighted by atomic mass is 10.2. The summed E-state index contributed by atoms with van der Waals surface area (Å²) in [7, 11) is 1.84. The first-order valence-electron chi connectivity index (χ1n) is 5.26. The summed E-state index contributed by atoms with van der Waals surface area (Å²) in [5.41, 5.74) is 1.90. The number of aromatic nitrogens is 1. The Hall–Kier alpha value is -1.74. The van der Waals surface area contributed by atoms with Gasteiger partial charge in [-0.25, -0.2) is 0 Å². The fourth-order valence-electron chi connectivity index (χ4n) is 1.43. The standard InChI is InChI=1S/C13H13ClN2O/c1-9-5-11(3-4-13(9)14)17-12-6-10(15-2)7-16-8-12/h3-8,15H,1-2H3. The third kappa shape index (κ3) is 2.88. The Morgan fingerprint density at radius 3 is 2.71 bits per heavy atom. The predicted octanol–water partition coefficient (Wildman–Crippen LogP) is 3.88. The number of halogens is 1. The van der Waals surface area contributed by atoms with Crippen LogP contribution in [0.4, 0.5) is 5.69 Å². The molecule has 0 saturated carbocycles. The van der Waals surface area contributed by atoms with Gasteiger partial charge >= 0.3 is 0 Å². The van der Waals surface area contributed by atoms with Crippen LogP contribution in [0.2, 0.25) is 5.02 Å². The molecule has 88 valence electrons. The number of hydrogen-bond donors (Lipinski definition) is 1. The molecule has 1 aromatic carbocycles. The van der Waals surface area contributed by atoms with E-state index >= 15 is 0 Å². The molecule has 1 heterocycles. The van der Waals surface area contributed by atoms with Gasteiger partial charge in [0.2, 0.25) is 0 Å². The highest BCUT2D eigenvalue weighted by Gasteiger charge is 2.01. The van der Waals surface area contributed by atoms with Crippen LogP contribution in [0.5, 0.6) is 11.5 Å². The monoisotopic (exact) mass is 248 g/mol. The molecule has 4 heteroatoms. The zero-order valence-corrected chi connectivity index (χ0v) is 10.5. The van der Waals surface area contributed by atoms with Crippen molar-refractivity contribution >= 4 is 17.3 Å². The molecule has 0 atom stereocenters. The van der Waals surface area contributed by atoms with Crippen LogP contribution in [0.1, 0.15) is 5.56 Å². The van der Waals surface area contributed by atoms with E-state index in [-0.39, 0.29) is 0 Å². The minimum atomic E-state index is 0.693. The van der Waals surface area contributed by atoms with Gasteiger partial charge in [0.05, 0.1) is 18.1 Å². The molecule has 0 saturated heterocycles. The molecule has 3 nitrogen and oxygen atoms in total. The smallest absolute Gasteiger partial charge is 0.147 e. The first kappa shape index (κ1) is 11.7. The third-order valence-corrected chi connectivity index (χ3v) is 2.79. The van der Waals surface area contributed by atoms with E-state index in [1.165, 1.54) is 0 Å². The quantitative estimate of drug-likeness (QED) is 0.895. The molecule has 0 amide bonds. The molecule has 0 bridgehead atoms. The largest absolute Gasteiger partial charge is 0.456 e. The van der Waals surface area contributed by atoms with Crippen molar-refractivity contribution in [3.8, 4) is 11.5 Å². The van der Waals surface area contributed by atoms with Crippen LogP contribution in [0, 0.1) is 6.92 Å². The molecule has 0 aliphatic heterocycles. The third-order valence-electron chi connectivity index (χ3n) is 2.37. The molecule has 0 fully saturated rings. The zero-order valence-electron chi connectivity index (χ0n) is 9.70. The number of anilines is 1. The van der Waals surface area contributed by atoms with E-state index in [1.807, 2.05) is 38.2 Å². The van der Waals surface area contributed by atoms with Gasteiger partial charge in [-0.1, -0.05) is 11.6 Å². The molecule has 1 N–H and O–H groups in total.